The molecule has 0 bridgehead atoms. The fraction of sp³-hybridized carbons (Fsp3) is 0.111. The summed E-state index contributed by atoms with van der Waals surface area (Å²) in [4.78, 5) is 37.0. The molecular formula is C27H23N3O7. The molecule has 3 aromatic carbocycles. The Hall–Kier alpha value is -5.12. The Kier molecular flexibility index (Phi) is 7.79. The van der Waals surface area contributed by atoms with Crippen molar-refractivity contribution >= 4 is 30.1 Å². The van der Waals surface area contributed by atoms with Crippen LogP contribution in [0.1, 0.15) is 28.4 Å². The molecule has 0 spiro atoms. The van der Waals surface area contributed by atoms with Crippen molar-refractivity contribution < 1.29 is 33.3 Å². The SMILES string of the molecule is COc1cc(C=NNC(=O)C(=Cc2ccc3c(c2)OCO3)NC(=O)c2ccccc2)ccc1OC(C)=O. The lowest BCUT2D eigenvalue weighted by Gasteiger charge is -2.10. The fourth-order valence-corrected chi connectivity index (χ4v) is 3.34. The van der Waals surface area contributed by atoms with Gasteiger partial charge in [-0.15, -0.1) is 0 Å². The summed E-state index contributed by atoms with van der Waals surface area (Å²) in [5.41, 5.74) is 3.94. The van der Waals surface area contributed by atoms with Gasteiger partial charge < -0.3 is 24.3 Å². The first-order chi connectivity index (χ1) is 17.9. The van der Waals surface area contributed by atoms with E-state index in [4.69, 9.17) is 18.9 Å². The number of carbonyl (C=O) groups is 3. The van der Waals surface area contributed by atoms with Crippen LogP contribution in [0, 0.1) is 0 Å². The van der Waals surface area contributed by atoms with Gasteiger partial charge in [0.25, 0.3) is 11.8 Å². The number of nitrogens with one attached hydrogen (secondary N) is 2. The zero-order valence-corrected chi connectivity index (χ0v) is 20.0. The van der Waals surface area contributed by atoms with Gasteiger partial charge in [-0.2, -0.15) is 5.10 Å². The Labute approximate surface area is 212 Å². The van der Waals surface area contributed by atoms with Crippen molar-refractivity contribution in [2.75, 3.05) is 13.9 Å². The molecule has 0 atom stereocenters. The number of ether oxygens (including phenoxy) is 4. The molecule has 0 unspecified atom stereocenters. The van der Waals surface area contributed by atoms with Gasteiger partial charge in [-0.1, -0.05) is 24.3 Å². The van der Waals surface area contributed by atoms with Gasteiger partial charge in [-0.25, -0.2) is 5.43 Å². The second-order valence-corrected chi connectivity index (χ2v) is 7.69. The van der Waals surface area contributed by atoms with Crippen LogP contribution in [0.2, 0.25) is 0 Å². The summed E-state index contributed by atoms with van der Waals surface area (Å²) in [6.45, 7) is 1.40. The Morgan fingerprint density at radius 1 is 0.919 bits per heavy atom. The number of benzene rings is 3. The fourth-order valence-electron chi connectivity index (χ4n) is 3.34. The van der Waals surface area contributed by atoms with Gasteiger partial charge >= 0.3 is 5.97 Å². The number of hydrogen-bond donors (Lipinski definition) is 2. The van der Waals surface area contributed by atoms with E-state index in [9.17, 15) is 14.4 Å². The number of amides is 2. The third-order valence-electron chi connectivity index (χ3n) is 5.06. The molecule has 0 saturated carbocycles. The van der Waals surface area contributed by atoms with Crippen LogP contribution < -0.4 is 29.7 Å². The summed E-state index contributed by atoms with van der Waals surface area (Å²) in [6.07, 6.45) is 2.89. The number of hydrogen-bond acceptors (Lipinski definition) is 8. The van der Waals surface area contributed by atoms with Gasteiger partial charge in [0, 0.05) is 12.5 Å². The minimum Gasteiger partial charge on any atom is -0.493 e. The molecule has 3 aromatic rings. The van der Waals surface area contributed by atoms with Gasteiger partial charge in [-0.3, -0.25) is 14.4 Å². The van der Waals surface area contributed by atoms with E-state index in [2.05, 4.69) is 15.8 Å². The first-order valence-electron chi connectivity index (χ1n) is 11.1. The Morgan fingerprint density at radius 2 is 1.68 bits per heavy atom. The van der Waals surface area contributed by atoms with Gasteiger partial charge in [0.15, 0.2) is 23.0 Å². The molecule has 0 aromatic heterocycles. The van der Waals surface area contributed by atoms with Crippen LogP contribution in [0.15, 0.2) is 77.5 Å². The van der Waals surface area contributed by atoms with E-state index in [0.717, 1.165) is 0 Å². The predicted molar refractivity (Wildman–Crippen MR) is 134 cm³/mol. The third-order valence-corrected chi connectivity index (χ3v) is 5.06. The van der Waals surface area contributed by atoms with Crippen LogP contribution in [-0.2, 0) is 9.59 Å². The lowest BCUT2D eigenvalue weighted by Crippen LogP contribution is -2.32. The molecule has 0 fully saturated rings. The number of carbonyl (C=O) groups excluding carboxylic acids is 3. The van der Waals surface area contributed by atoms with Crippen molar-refractivity contribution in [2.24, 2.45) is 5.10 Å². The maximum absolute atomic E-state index is 13.0. The van der Waals surface area contributed by atoms with Crippen LogP contribution in [0.3, 0.4) is 0 Å². The average molecular weight is 501 g/mol. The number of fused-ring (bicyclic) bond motifs is 1. The molecule has 1 aliphatic rings. The van der Waals surface area contributed by atoms with Crippen molar-refractivity contribution in [3.05, 3.63) is 89.1 Å². The Balaban J connectivity index is 1.53. The largest absolute Gasteiger partial charge is 0.493 e. The van der Waals surface area contributed by atoms with E-state index in [0.29, 0.717) is 33.9 Å². The molecule has 4 rings (SSSR count). The highest BCUT2D eigenvalue weighted by Crippen LogP contribution is 2.33. The van der Waals surface area contributed by atoms with Crippen molar-refractivity contribution in [1.29, 1.82) is 0 Å². The lowest BCUT2D eigenvalue weighted by molar-refractivity contribution is -0.132. The van der Waals surface area contributed by atoms with Gasteiger partial charge in [0.05, 0.1) is 13.3 Å². The number of hydrazone groups is 1. The number of nitrogens with zero attached hydrogens (tertiary/aromatic N) is 1. The van der Waals surface area contributed by atoms with Crippen LogP contribution in [0.4, 0.5) is 0 Å². The van der Waals surface area contributed by atoms with Crippen molar-refractivity contribution in [3.8, 4) is 23.0 Å². The molecule has 10 nitrogen and oxygen atoms in total. The normalized spacial score (nSPS) is 12.2. The summed E-state index contributed by atoms with van der Waals surface area (Å²) < 4.78 is 21.0. The maximum Gasteiger partial charge on any atom is 0.308 e. The lowest BCUT2D eigenvalue weighted by atomic mass is 10.1. The van der Waals surface area contributed by atoms with Crippen molar-refractivity contribution in [3.63, 3.8) is 0 Å². The number of rotatable bonds is 8. The average Bonchev–Trinajstić information content (AvgIpc) is 3.37. The molecule has 1 aliphatic heterocycles. The second kappa shape index (κ2) is 11.5. The Bertz CT molecular complexity index is 1380. The zero-order chi connectivity index (χ0) is 26.2. The molecule has 2 amide bonds. The smallest absolute Gasteiger partial charge is 0.308 e. The molecule has 188 valence electrons. The summed E-state index contributed by atoms with van der Waals surface area (Å²) in [6, 6.07) is 18.4. The first kappa shape index (κ1) is 25.0. The first-order valence-corrected chi connectivity index (χ1v) is 11.1. The number of esters is 1. The van der Waals surface area contributed by atoms with Gasteiger partial charge in [0.1, 0.15) is 5.70 Å². The van der Waals surface area contributed by atoms with E-state index in [1.807, 2.05) is 0 Å². The molecule has 1 heterocycles. The minimum absolute atomic E-state index is 0.0346. The molecular weight excluding hydrogens is 478 g/mol. The summed E-state index contributed by atoms with van der Waals surface area (Å²) in [7, 11) is 1.44. The van der Waals surface area contributed by atoms with E-state index in [-0.39, 0.29) is 18.2 Å². The standard InChI is InChI=1S/C27H23N3O7/c1-17(31)37-23-11-9-19(14-24(23)34-2)15-28-30-27(33)21(29-26(32)20-6-4-3-5-7-20)12-18-8-10-22-25(13-18)36-16-35-22/h3-15H,16H2,1-2H3,(H,29,32)(H,30,33). The highest BCUT2D eigenvalue weighted by molar-refractivity contribution is 6.05. The molecule has 37 heavy (non-hydrogen) atoms. The topological polar surface area (TPSA) is 125 Å². The van der Waals surface area contributed by atoms with Crippen LogP contribution >= 0.6 is 0 Å². The Morgan fingerprint density at radius 3 is 2.43 bits per heavy atom. The van der Waals surface area contributed by atoms with Crippen LogP contribution in [-0.4, -0.2) is 37.9 Å². The monoisotopic (exact) mass is 501 g/mol. The summed E-state index contributed by atoms with van der Waals surface area (Å²) in [5.74, 6) is 0.117. The zero-order valence-electron chi connectivity index (χ0n) is 20.0. The molecule has 10 heteroatoms. The second-order valence-electron chi connectivity index (χ2n) is 7.69. The van der Waals surface area contributed by atoms with Crippen LogP contribution in [0.5, 0.6) is 23.0 Å². The van der Waals surface area contributed by atoms with Crippen molar-refractivity contribution in [2.45, 2.75) is 6.92 Å². The highest BCUT2D eigenvalue weighted by atomic mass is 16.7. The summed E-state index contributed by atoms with van der Waals surface area (Å²) >= 11 is 0. The van der Waals surface area contributed by atoms with E-state index in [1.54, 1.807) is 66.7 Å². The van der Waals surface area contributed by atoms with E-state index in [1.165, 1.54) is 26.3 Å². The molecule has 0 aliphatic carbocycles. The molecule has 0 radical (unpaired) electrons. The highest BCUT2D eigenvalue weighted by Gasteiger charge is 2.17. The quantitative estimate of drug-likeness (QED) is 0.160. The van der Waals surface area contributed by atoms with Crippen LogP contribution in [0.25, 0.3) is 6.08 Å². The van der Waals surface area contributed by atoms with Crippen molar-refractivity contribution in [1.82, 2.24) is 10.7 Å². The third kappa shape index (κ3) is 6.51. The molecule has 2 N–H and O–H groups in total. The van der Waals surface area contributed by atoms with Gasteiger partial charge in [-0.05, 0) is 59.7 Å². The minimum atomic E-state index is -0.651. The maximum atomic E-state index is 13.0. The molecule has 0 saturated heterocycles. The summed E-state index contributed by atoms with van der Waals surface area (Å²) in [5, 5.41) is 6.62. The number of methoxy groups -OCH3 is 1. The predicted octanol–water partition coefficient (Wildman–Crippen LogP) is 3.27. The van der Waals surface area contributed by atoms with E-state index < -0.39 is 17.8 Å². The van der Waals surface area contributed by atoms with Gasteiger partial charge in [0.2, 0.25) is 6.79 Å². The van der Waals surface area contributed by atoms with E-state index >= 15 is 0 Å².